The topological polar surface area (TPSA) is 49.6 Å². The summed E-state index contributed by atoms with van der Waals surface area (Å²) in [4.78, 5) is 10.4. The van der Waals surface area contributed by atoms with Crippen LogP contribution >= 0.6 is 0 Å². The molecule has 11 aromatic rings. The molecular weight excluding hydrogens is 811 g/mol. The molecule has 0 amide bonds. The van der Waals surface area contributed by atoms with Crippen LogP contribution in [0.25, 0.3) is 89.2 Å². The summed E-state index contributed by atoms with van der Waals surface area (Å²) in [6.45, 7) is 0. The fourth-order valence-corrected chi connectivity index (χ4v) is 10.3. The Morgan fingerprint density at radius 2 is 0.806 bits per heavy atom. The maximum absolute atomic E-state index is 9.37. The summed E-state index contributed by atoms with van der Waals surface area (Å²) in [5.41, 5.74) is 19.3. The number of hydrogen-bond acceptors (Lipinski definition) is 3. The van der Waals surface area contributed by atoms with Crippen LogP contribution in [0.15, 0.2) is 249 Å². The van der Waals surface area contributed by atoms with Gasteiger partial charge in [-0.1, -0.05) is 218 Å². The van der Waals surface area contributed by atoms with Crippen LogP contribution in [-0.4, -0.2) is 9.97 Å². The zero-order valence-corrected chi connectivity index (χ0v) is 36.5. The SMILES string of the molecule is N#Cc1ccc(-c2cccc(-c3cc(-c4ccc(-c5ccc(-c6ccc7c(c6)C(c6ccccc6)(c6ccccc6)c6ccccc6-7)cc5)c5ccccc45)nc(-c4ccccc4)n3)c2)cc1. The van der Waals surface area contributed by atoms with Crippen molar-refractivity contribution in [3.8, 4) is 84.5 Å². The molecule has 1 aliphatic carbocycles. The Morgan fingerprint density at radius 3 is 1.51 bits per heavy atom. The van der Waals surface area contributed by atoms with Crippen LogP contribution in [0.5, 0.6) is 0 Å². The lowest BCUT2D eigenvalue weighted by molar-refractivity contribution is 0.769. The largest absolute Gasteiger partial charge is 0.228 e. The lowest BCUT2D eigenvalue weighted by Crippen LogP contribution is -2.28. The molecule has 3 heteroatoms. The lowest BCUT2D eigenvalue weighted by atomic mass is 9.67. The summed E-state index contributed by atoms with van der Waals surface area (Å²) in [5, 5.41) is 11.6. The monoisotopic (exact) mass is 851 g/mol. The van der Waals surface area contributed by atoms with Gasteiger partial charge >= 0.3 is 0 Å². The van der Waals surface area contributed by atoms with Crippen LogP contribution in [-0.2, 0) is 5.41 Å². The van der Waals surface area contributed by atoms with Crippen LogP contribution in [0.3, 0.4) is 0 Å². The first kappa shape index (κ1) is 39.6. The third-order valence-electron chi connectivity index (χ3n) is 13.5. The molecule has 67 heavy (non-hydrogen) atoms. The van der Waals surface area contributed by atoms with E-state index in [1.54, 1.807) is 0 Å². The number of hydrogen-bond donors (Lipinski definition) is 0. The molecule has 3 nitrogen and oxygen atoms in total. The number of nitriles is 1. The van der Waals surface area contributed by atoms with Crippen molar-refractivity contribution in [1.29, 1.82) is 5.26 Å². The number of nitrogens with zero attached hydrogens (tertiary/aromatic N) is 3. The molecule has 0 aliphatic heterocycles. The normalized spacial score (nSPS) is 12.3. The average molecular weight is 852 g/mol. The molecule has 1 aromatic heterocycles. The fourth-order valence-electron chi connectivity index (χ4n) is 10.3. The number of fused-ring (bicyclic) bond motifs is 4. The molecule has 312 valence electrons. The summed E-state index contributed by atoms with van der Waals surface area (Å²) in [5.74, 6) is 0.667. The van der Waals surface area contributed by atoms with Crippen LogP contribution in [0.1, 0.15) is 27.8 Å². The molecule has 12 rings (SSSR count). The van der Waals surface area contributed by atoms with Crippen molar-refractivity contribution < 1.29 is 0 Å². The van der Waals surface area contributed by atoms with E-state index in [4.69, 9.17) is 9.97 Å². The van der Waals surface area contributed by atoms with Crippen molar-refractivity contribution in [3.63, 3.8) is 0 Å². The Balaban J connectivity index is 0.937. The first-order valence-electron chi connectivity index (χ1n) is 22.7. The molecule has 1 heterocycles. The molecule has 0 spiro atoms. The Kier molecular flexibility index (Phi) is 9.78. The van der Waals surface area contributed by atoms with Crippen LogP contribution in [0, 0.1) is 11.3 Å². The maximum Gasteiger partial charge on any atom is 0.160 e. The van der Waals surface area contributed by atoms with Gasteiger partial charge in [-0.05, 0) is 108 Å². The van der Waals surface area contributed by atoms with E-state index in [1.165, 1.54) is 44.5 Å². The van der Waals surface area contributed by atoms with Crippen molar-refractivity contribution in [2.24, 2.45) is 0 Å². The second kappa shape index (κ2) is 16.5. The second-order valence-electron chi connectivity index (χ2n) is 17.2. The lowest BCUT2D eigenvalue weighted by Gasteiger charge is -2.34. The van der Waals surface area contributed by atoms with Gasteiger partial charge in [0.25, 0.3) is 0 Å². The summed E-state index contributed by atoms with van der Waals surface area (Å²) in [6.07, 6.45) is 0. The fraction of sp³-hybridized carbons (Fsp3) is 0.0156. The molecule has 0 unspecified atom stereocenters. The minimum atomic E-state index is -0.451. The van der Waals surface area contributed by atoms with E-state index < -0.39 is 5.41 Å². The molecule has 10 aromatic carbocycles. The van der Waals surface area contributed by atoms with E-state index in [2.05, 4.69) is 212 Å². The highest BCUT2D eigenvalue weighted by molar-refractivity contribution is 6.05. The second-order valence-corrected chi connectivity index (χ2v) is 17.2. The van der Waals surface area contributed by atoms with Gasteiger partial charge in [-0.3, -0.25) is 0 Å². The minimum Gasteiger partial charge on any atom is -0.228 e. The van der Waals surface area contributed by atoms with E-state index in [-0.39, 0.29) is 0 Å². The van der Waals surface area contributed by atoms with E-state index >= 15 is 0 Å². The van der Waals surface area contributed by atoms with Gasteiger partial charge in [-0.2, -0.15) is 5.26 Å². The Bertz CT molecular complexity index is 3630. The Morgan fingerprint density at radius 1 is 0.313 bits per heavy atom. The van der Waals surface area contributed by atoms with Crippen molar-refractivity contribution in [2.75, 3.05) is 0 Å². The number of aromatic nitrogens is 2. The maximum atomic E-state index is 9.37. The molecule has 0 radical (unpaired) electrons. The molecule has 0 atom stereocenters. The van der Waals surface area contributed by atoms with Gasteiger partial charge in [-0.25, -0.2) is 9.97 Å². The van der Waals surface area contributed by atoms with E-state index in [1.807, 2.05) is 42.5 Å². The summed E-state index contributed by atoms with van der Waals surface area (Å²) in [6, 6.07) is 90.7. The van der Waals surface area contributed by atoms with E-state index in [9.17, 15) is 5.26 Å². The van der Waals surface area contributed by atoms with Gasteiger partial charge < -0.3 is 0 Å². The van der Waals surface area contributed by atoms with Crippen molar-refractivity contribution in [3.05, 3.63) is 277 Å². The highest BCUT2D eigenvalue weighted by Crippen LogP contribution is 2.56. The Labute approximate surface area is 390 Å². The van der Waals surface area contributed by atoms with Gasteiger partial charge in [0.15, 0.2) is 5.82 Å². The van der Waals surface area contributed by atoms with Gasteiger partial charge in [0, 0.05) is 16.7 Å². The first-order valence-corrected chi connectivity index (χ1v) is 22.7. The molecule has 0 fully saturated rings. The van der Waals surface area contributed by atoms with Gasteiger partial charge in [0.2, 0.25) is 0 Å². The Hall–Kier alpha value is -8.97. The first-order chi connectivity index (χ1) is 33.2. The van der Waals surface area contributed by atoms with Crippen LogP contribution in [0.4, 0.5) is 0 Å². The van der Waals surface area contributed by atoms with E-state index in [0.717, 1.165) is 61.1 Å². The summed E-state index contributed by atoms with van der Waals surface area (Å²) in [7, 11) is 0. The van der Waals surface area contributed by atoms with Gasteiger partial charge in [0.05, 0.1) is 28.4 Å². The molecular formula is C64H41N3. The van der Waals surface area contributed by atoms with Crippen molar-refractivity contribution in [2.45, 2.75) is 5.41 Å². The smallest absolute Gasteiger partial charge is 0.160 e. The molecule has 0 saturated carbocycles. The zero-order valence-electron chi connectivity index (χ0n) is 36.5. The van der Waals surface area contributed by atoms with Crippen LogP contribution < -0.4 is 0 Å². The number of benzene rings is 10. The standard InChI is InChI=1S/C64H41N3/c65-42-43-27-29-44(30-28-43)48-17-14-18-50(39-48)61-41-62(67-63(66-61)47-15-4-1-5-16-47)58-38-37-53(54-23-10-11-24-55(54)58)46-33-31-45(32-34-46)49-35-36-57-56-25-12-13-26-59(56)64(60(57)40-49,51-19-6-2-7-20-51)52-21-8-3-9-22-52/h1-41H. The summed E-state index contributed by atoms with van der Waals surface area (Å²) >= 11 is 0. The summed E-state index contributed by atoms with van der Waals surface area (Å²) < 4.78 is 0. The predicted molar refractivity (Wildman–Crippen MR) is 274 cm³/mol. The minimum absolute atomic E-state index is 0.451. The molecule has 1 aliphatic rings. The van der Waals surface area contributed by atoms with Crippen molar-refractivity contribution in [1.82, 2.24) is 9.97 Å². The predicted octanol–water partition coefficient (Wildman–Crippen LogP) is 15.9. The number of rotatable bonds is 8. The third kappa shape index (κ3) is 6.83. The third-order valence-corrected chi connectivity index (χ3v) is 13.5. The van der Waals surface area contributed by atoms with Crippen molar-refractivity contribution >= 4 is 10.8 Å². The molecule has 0 N–H and O–H groups in total. The molecule has 0 bridgehead atoms. The van der Waals surface area contributed by atoms with Gasteiger partial charge in [0.1, 0.15) is 0 Å². The van der Waals surface area contributed by atoms with Gasteiger partial charge in [-0.15, -0.1) is 0 Å². The van der Waals surface area contributed by atoms with E-state index in [0.29, 0.717) is 11.4 Å². The quantitative estimate of drug-likeness (QED) is 0.153. The molecule has 0 saturated heterocycles. The van der Waals surface area contributed by atoms with Crippen LogP contribution in [0.2, 0.25) is 0 Å². The highest BCUT2D eigenvalue weighted by Gasteiger charge is 2.46. The zero-order chi connectivity index (χ0) is 44.7. The average Bonchev–Trinajstić information content (AvgIpc) is 3.71. The highest BCUT2D eigenvalue weighted by atomic mass is 14.9.